The Morgan fingerprint density at radius 3 is 2.43 bits per heavy atom. The Balaban J connectivity index is 2.43. The molecule has 1 saturated carbocycles. The van der Waals surface area contributed by atoms with Gasteiger partial charge in [0.2, 0.25) is 5.91 Å². The summed E-state index contributed by atoms with van der Waals surface area (Å²) in [6.07, 6.45) is 2.77. The molecular formula is C14H25N3O4. The highest BCUT2D eigenvalue weighted by Crippen LogP contribution is 2.29. The van der Waals surface area contributed by atoms with Crippen LogP contribution in [-0.4, -0.2) is 35.1 Å². The molecule has 1 aliphatic rings. The first-order valence-electron chi connectivity index (χ1n) is 7.37. The van der Waals surface area contributed by atoms with Crippen LogP contribution in [0.4, 0.5) is 4.79 Å². The Hall–Kier alpha value is -1.79. The van der Waals surface area contributed by atoms with Crippen molar-refractivity contribution in [3.63, 3.8) is 0 Å². The van der Waals surface area contributed by atoms with Gasteiger partial charge >= 0.3 is 12.0 Å². The van der Waals surface area contributed by atoms with Gasteiger partial charge in [0.05, 0.1) is 0 Å². The van der Waals surface area contributed by atoms with Crippen LogP contribution in [0.2, 0.25) is 0 Å². The normalized spacial score (nSPS) is 26.7. The van der Waals surface area contributed by atoms with Gasteiger partial charge in [0, 0.05) is 12.5 Å². The van der Waals surface area contributed by atoms with E-state index in [9.17, 15) is 14.4 Å². The first-order valence-corrected chi connectivity index (χ1v) is 7.37. The number of nitrogens with one attached hydrogen (secondary N) is 2. The maximum Gasteiger partial charge on any atom is 0.326 e. The maximum atomic E-state index is 11.9. The molecule has 0 heterocycles. The number of amides is 3. The van der Waals surface area contributed by atoms with E-state index in [1.54, 1.807) is 0 Å². The molecule has 120 valence electrons. The quantitative estimate of drug-likeness (QED) is 0.580. The van der Waals surface area contributed by atoms with Gasteiger partial charge in [0.15, 0.2) is 0 Å². The van der Waals surface area contributed by atoms with Crippen molar-refractivity contribution in [1.82, 2.24) is 10.6 Å². The standard InChI is InChI=1S/C14H25N3O4/c1-8-3-4-10(7-9(8)2)16-14(21)17-11(13(19)20)5-6-12(15)18/h8-11H,3-7H2,1-2H3,(H2,15,18)(H,19,20)(H2,16,17,21)/t8?,9?,10?,11-/m1/s1. The van der Waals surface area contributed by atoms with Crippen molar-refractivity contribution < 1.29 is 19.5 Å². The van der Waals surface area contributed by atoms with Crippen molar-refractivity contribution in [2.75, 3.05) is 0 Å². The molecule has 1 fully saturated rings. The first kappa shape index (κ1) is 17.3. The van der Waals surface area contributed by atoms with E-state index >= 15 is 0 Å². The number of carboxylic acid groups (broad SMARTS) is 1. The largest absolute Gasteiger partial charge is 0.480 e. The molecule has 0 aromatic heterocycles. The van der Waals surface area contributed by atoms with E-state index in [0.29, 0.717) is 11.8 Å². The van der Waals surface area contributed by atoms with Crippen LogP contribution in [-0.2, 0) is 9.59 Å². The minimum Gasteiger partial charge on any atom is -0.480 e. The predicted molar refractivity (Wildman–Crippen MR) is 77.5 cm³/mol. The molecular weight excluding hydrogens is 274 g/mol. The number of carbonyl (C=O) groups is 3. The Labute approximate surface area is 124 Å². The van der Waals surface area contributed by atoms with Gasteiger partial charge in [-0.05, 0) is 37.5 Å². The van der Waals surface area contributed by atoms with Crippen molar-refractivity contribution in [3.05, 3.63) is 0 Å². The highest BCUT2D eigenvalue weighted by molar-refractivity contribution is 5.83. The zero-order chi connectivity index (χ0) is 16.0. The van der Waals surface area contributed by atoms with E-state index < -0.39 is 23.9 Å². The number of primary amides is 1. The highest BCUT2D eigenvalue weighted by Gasteiger charge is 2.27. The molecule has 0 radical (unpaired) electrons. The Bertz CT molecular complexity index is 400. The van der Waals surface area contributed by atoms with Crippen molar-refractivity contribution >= 4 is 17.9 Å². The summed E-state index contributed by atoms with van der Waals surface area (Å²) in [6.45, 7) is 4.36. The molecule has 0 spiro atoms. The fraction of sp³-hybridized carbons (Fsp3) is 0.786. The topological polar surface area (TPSA) is 122 Å². The second-order valence-corrected chi connectivity index (χ2v) is 5.98. The number of hydrogen-bond acceptors (Lipinski definition) is 3. The molecule has 1 rings (SSSR count). The van der Waals surface area contributed by atoms with Crippen LogP contribution in [0, 0.1) is 11.8 Å². The highest BCUT2D eigenvalue weighted by atomic mass is 16.4. The number of urea groups is 1. The van der Waals surface area contributed by atoms with Gasteiger partial charge in [-0.2, -0.15) is 0 Å². The van der Waals surface area contributed by atoms with E-state index in [-0.39, 0.29) is 18.9 Å². The van der Waals surface area contributed by atoms with Crippen LogP contribution < -0.4 is 16.4 Å². The van der Waals surface area contributed by atoms with Crippen molar-refractivity contribution in [2.24, 2.45) is 17.6 Å². The monoisotopic (exact) mass is 299 g/mol. The predicted octanol–water partition coefficient (Wildman–Crippen LogP) is 0.829. The Morgan fingerprint density at radius 1 is 1.24 bits per heavy atom. The molecule has 0 aromatic rings. The Kier molecular flexibility index (Phi) is 6.45. The van der Waals surface area contributed by atoms with Gasteiger partial charge in [0.25, 0.3) is 0 Å². The second kappa shape index (κ2) is 7.85. The van der Waals surface area contributed by atoms with Crippen LogP contribution in [0.1, 0.15) is 46.0 Å². The molecule has 3 amide bonds. The molecule has 0 saturated heterocycles. The summed E-state index contributed by atoms with van der Waals surface area (Å²) < 4.78 is 0. The van der Waals surface area contributed by atoms with Crippen molar-refractivity contribution in [2.45, 2.75) is 58.0 Å². The van der Waals surface area contributed by atoms with Gasteiger partial charge in [-0.3, -0.25) is 4.79 Å². The van der Waals surface area contributed by atoms with Crippen molar-refractivity contribution in [3.8, 4) is 0 Å². The lowest BCUT2D eigenvalue weighted by Crippen LogP contribution is -2.50. The molecule has 0 aromatic carbocycles. The summed E-state index contributed by atoms with van der Waals surface area (Å²) >= 11 is 0. The third kappa shape index (κ3) is 6.01. The summed E-state index contributed by atoms with van der Waals surface area (Å²) in [5.41, 5.74) is 4.99. The van der Waals surface area contributed by atoms with Gasteiger partial charge in [-0.25, -0.2) is 9.59 Å². The summed E-state index contributed by atoms with van der Waals surface area (Å²) in [5.74, 6) is -0.571. The number of rotatable bonds is 6. The second-order valence-electron chi connectivity index (χ2n) is 5.98. The maximum absolute atomic E-state index is 11.9. The zero-order valence-electron chi connectivity index (χ0n) is 12.6. The van der Waals surface area contributed by atoms with E-state index in [0.717, 1.165) is 19.3 Å². The fourth-order valence-corrected chi connectivity index (χ4v) is 2.61. The molecule has 7 heteroatoms. The number of hydrogen-bond donors (Lipinski definition) is 4. The molecule has 0 bridgehead atoms. The smallest absolute Gasteiger partial charge is 0.326 e. The SMILES string of the molecule is CC1CCC(NC(=O)N[C@H](CCC(N)=O)C(=O)O)CC1C. The lowest BCUT2D eigenvalue weighted by atomic mass is 9.79. The number of carboxylic acids is 1. The van der Waals surface area contributed by atoms with Crippen molar-refractivity contribution in [1.29, 1.82) is 0 Å². The Morgan fingerprint density at radius 2 is 1.90 bits per heavy atom. The van der Waals surface area contributed by atoms with Gasteiger partial charge < -0.3 is 21.5 Å². The summed E-state index contributed by atoms with van der Waals surface area (Å²) in [7, 11) is 0. The molecule has 4 atom stereocenters. The van der Waals surface area contributed by atoms with Gasteiger partial charge in [-0.1, -0.05) is 13.8 Å². The minimum atomic E-state index is -1.17. The molecule has 5 N–H and O–H groups in total. The van der Waals surface area contributed by atoms with Gasteiger partial charge in [-0.15, -0.1) is 0 Å². The fourth-order valence-electron chi connectivity index (χ4n) is 2.61. The first-order chi connectivity index (χ1) is 9.79. The van der Waals surface area contributed by atoms with Crippen LogP contribution in [0.5, 0.6) is 0 Å². The summed E-state index contributed by atoms with van der Waals surface area (Å²) in [4.78, 5) is 33.6. The molecule has 1 aliphatic carbocycles. The molecule has 7 nitrogen and oxygen atoms in total. The molecule has 21 heavy (non-hydrogen) atoms. The average Bonchev–Trinajstić information content (AvgIpc) is 2.38. The zero-order valence-corrected chi connectivity index (χ0v) is 12.6. The molecule has 3 unspecified atom stereocenters. The number of aliphatic carboxylic acids is 1. The van der Waals surface area contributed by atoms with Crippen LogP contribution >= 0.6 is 0 Å². The van der Waals surface area contributed by atoms with Crippen LogP contribution in [0.25, 0.3) is 0 Å². The van der Waals surface area contributed by atoms with Crippen LogP contribution in [0.3, 0.4) is 0 Å². The number of nitrogens with two attached hydrogens (primary N) is 1. The van der Waals surface area contributed by atoms with E-state index in [4.69, 9.17) is 10.8 Å². The van der Waals surface area contributed by atoms with E-state index in [1.807, 2.05) is 0 Å². The van der Waals surface area contributed by atoms with E-state index in [2.05, 4.69) is 24.5 Å². The lowest BCUT2D eigenvalue weighted by molar-refractivity contribution is -0.139. The minimum absolute atomic E-state index is 0.00378. The van der Waals surface area contributed by atoms with Crippen LogP contribution in [0.15, 0.2) is 0 Å². The average molecular weight is 299 g/mol. The molecule has 0 aliphatic heterocycles. The van der Waals surface area contributed by atoms with E-state index in [1.165, 1.54) is 0 Å². The number of carbonyl (C=O) groups excluding carboxylic acids is 2. The van der Waals surface area contributed by atoms with Gasteiger partial charge in [0.1, 0.15) is 6.04 Å². The third-order valence-electron chi connectivity index (χ3n) is 4.22. The lowest BCUT2D eigenvalue weighted by Gasteiger charge is -2.32. The summed E-state index contributed by atoms with van der Waals surface area (Å²) in [5, 5.41) is 14.2. The third-order valence-corrected chi connectivity index (χ3v) is 4.22. The summed E-state index contributed by atoms with van der Waals surface area (Å²) in [6, 6.07) is -1.53.